The Morgan fingerprint density at radius 3 is 2.08 bits per heavy atom. The van der Waals surface area contributed by atoms with Crippen LogP contribution >= 0.6 is 0 Å². The van der Waals surface area contributed by atoms with E-state index >= 15 is 0 Å². The monoisotopic (exact) mass is 360 g/mol. The van der Waals surface area contributed by atoms with Gasteiger partial charge in [-0.2, -0.15) is 0 Å². The number of rotatable bonds is 2. The summed E-state index contributed by atoms with van der Waals surface area (Å²) in [5.74, 6) is 2.67. The summed E-state index contributed by atoms with van der Waals surface area (Å²) < 4.78 is 0. The zero-order valence-corrected chi connectivity index (χ0v) is 18.2. The van der Waals surface area contributed by atoms with Gasteiger partial charge in [0.05, 0.1) is 6.17 Å². The second-order valence-electron chi connectivity index (χ2n) is 11.3. The SMILES string of the molecule is CC1CCCCC1C1N(C)C2CCCCC2N1C1CCC(C)(C)CC1C. The number of nitrogens with zero attached hydrogens (tertiary/aromatic N) is 2. The quantitative estimate of drug-likeness (QED) is 0.604. The van der Waals surface area contributed by atoms with Crippen LogP contribution in [-0.2, 0) is 0 Å². The molecule has 0 aromatic heterocycles. The zero-order valence-electron chi connectivity index (χ0n) is 18.2. The summed E-state index contributed by atoms with van der Waals surface area (Å²) in [5.41, 5.74) is 0.557. The fraction of sp³-hybridized carbons (Fsp3) is 1.00. The maximum Gasteiger partial charge on any atom is 0.0660 e. The molecule has 4 aliphatic rings. The molecule has 0 amide bonds. The van der Waals surface area contributed by atoms with E-state index in [2.05, 4.69) is 44.5 Å². The third-order valence-corrected chi connectivity index (χ3v) is 8.91. The highest BCUT2D eigenvalue weighted by Crippen LogP contribution is 2.49. The van der Waals surface area contributed by atoms with Gasteiger partial charge in [0.25, 0.3) is 0 Å². The molecule has 2 heteroatoms. The van der Waals surface area contributed by atoms with Crippen LogP contribution in [0.1, 0.15) is 98.3 Å². The maximum absolute atomic E-state index is 3.14. The molecule has 0 spiro atoms. The largest absolute Gasteiger partial charge is 0.286 e. The smallest absolute Gasteiger partial charge is 0.0660 e. The molecule has 4 rings (SSSR count). The Labute approximate surface area is 163 Å². The van der Waals surface area contributed by atoms with E-state index in [1.165, 1.54) is 70.6 Å². The Kier molecular flexibility index (Phi) is 5.47. The van der Waals surface area contributed by atoms with Crippen molar-refractivity contribution >= 4 is 0 Å². The first-order valence-corrected chi connectivity index (χ1v) is 11.9. The molecular weight excluding hydrogens is 316 g/mol. The Bertz CT molecular complexity index is 487. The summed E-state index contributed by atoms with van der Waals surface area (Å²) in [7, 11) is 2.49. The van der Waals surface area contributed by atoms with Crippen LogP contribution in [0.5, 0.6) is 0 Å². The van der Waals surface area contributed by atoms with Gasteiger partial charge in [0.15, 0.2) is 0 Å². The van der Waals surface area contributed by atoms with E-state index in [-0.39, 0.29) is 0 Å². The molecule has 0 radical (unpaired) electrons. The van der Waals surface area contributed by atoms with Crippen LogP contribution in [0.4, 0.5) is 0 Å². The first-order chi connectivity index (χ1) is 12.4. The predicted octanol–water partition coefficient (Wildman–Crippen LogP) is 5.91. The summed E-state index contributed by atoms with van der Waals surface area (Å²) >= 11 is 0. The molecule has 7 unspecified atom stereocenters. The normalized spacial score (nSPS) is 47.7. The Morgan fingerprint density at radius 2 is 1.38 bits per heavy atom. The molecule has 3 saturated carbocycles. The van der Waals surface area contributed by atoms with Crippen molar-refractivity contribution in [1.82, 2.24) is 9.80 Å². The van der Waals surface area contributed by atoms with E-state index in [1.807, 2.05) is 0 Å². The molecule has 0 bridgehead atoms. The predicted molar refractivity (Wildman–Crippen MR) is 111 cm³/mol. The third-order valence-electron chi connectivity index (χ3n) is 8.91. The van der Waals surface area contributed by atoms with Crippen LogP contribution in [0, 0.1) is 23.2 Å². The van der Waals surface area contributed by atoms with Gasteiger partial charge in [0, 0.05) is 18.1 Å². The minimum Gasteiger partial charge on any atom is -0.286 e. The molecule has 7 atom stereocenters. The topological polar surface area (TPSA) is 6.48 Å². The maximum atomic E-state index is 3.14. The first-order valence-electron chi connectivity index (χ1n) is 11.9. The van der Waals surface area contributed by atoms with Crippen LogP contribution in [0.3, 0.4) is 0 Å². The van der Waals surface area contributed by atoms with E-state index < -0.39 is 0 Å². The van der Waals surface area contributed by atoms with Crippen molar-refractivity contribution < 1.29 is 0 Å². The molecule has 26 heavy (non-hydrogen) atoms. The molecule has 4 fully saturated rings. The van der Waals surface area contributed by atoms with Crippen molar-refractivity contribution in [2.75, 3.05) is 7.05 Å². The fourth-order valence-corrected chi connectivity index (χ4v) is 7.65. The Balaban J connectivity index is 1.63. The van der Waals surface area contributed by atoms with Crippen LogP contribution in [0.15, 0.2) is 0 Å². The second kappa shape index (κ2) is 7.39. The average Bonchev–Trinajstić information content (AvgIpc) is 2.88. The van der Waals surface area contributed by atoms with Gasteiger partial charge in [0.2, 0.25) is 0 Å². The Hall–Kier alpha value is -0.0800. The highest BCUT2D eigenvalue weighted by Gasteiger charge is 2.53. The summed E-state index contributed by atoms with van der Waals surface area (Å²) in [6.45, 7) is 10.1. The standard InChI is InChI=1S/C24H44N2/c1-17-10-6-7-11-19(17)23-25(5)21-12-8-9-13-22(21)26(23)20-14-15-24(3,4)16-18(20)2/h17-23H,6-16H2,1-5H3. The lowest BCUT2D eigenvalue weighted by atomic mass is 9.69. The second-order valence-corrected chi connectivity index (χ2v) is 11.3. The first kappa shape index (κ1) is 19.2. The molecule has 150 valence electrons. The third kappa shape index (κ3) is 3.39. The molecule has 1 heterocycles. The average molecular weight is 361 g/mol. The minimum absolute atomic E-state index is 0.557. The van der Waals surface area contributed by atoms with Gasteiger partial charge >= 0.3 is 0 Å². The van der Waals surface area contributed by atoms with Gasteiger partial charge in [-0.1, -0.05) is 59.8 Å². The van der Waals surface area contributed by atoms with Crippen molar-refractivity contribution in [3.63, 3.8) is 0 Å². The lowest BCUT2D eigenvalue weighted by Gasteiger charge is -2.50. The highest BCUT2D eigenvalue weighted by molar-refractivity contribution is 5.06. The molecular formula is C24H44N2. The molecule has 2 nitrogen and oxygen atoms in total. The van der Waals surface area contributed by atoms with Crippen molar-refractivity contribution in [3.05, 3.63) is 0 Å². The van der Waals surface area contributed by atoms with E-state index in [9.17, 15) is 0 Å². The summed E-state index contributed by atoms with van der Waals surface area (Å²) in [4.78, 5) is 6.01. The van der Waals surface area contributed by atoms with Gasteiger partial charge in [-0.15, -0.1) is 0 Å². The van der Waals surface area contributed by atoms with Gasteiger partial charge in [-0.3, -0.25) is 9.80 Å². The van der Waals surface area contributed by atoms with Gasteiger partial charge in [0.1, 0.15) is 0 Å². The van der Waals surface area contributed by atoms with Crippen LogP contribution in [0.2, 0.25) is 0 Å². The molecule has 1 saturated heterocycles. The van der Waals surface area contributed by atoms with Crippen molar-refractivity contribution in [2.24, 2.45) is 23.2 Å². The lowest BCUT2D eigenvalue weighted by molar-refractivity contribution is -0.0334. The number of hydrogen-bond acceptors (Lipinski definition) is 2. The van der Waals surface area contributed by atoms with Gasteiger partial charge < -0.3 is 0 Å². The van der Waals surface area contributed by atoms with E-state index in [0.29, 0.717) is 5.41 Å². The van der Waals surface area contributed by atoms with Gasteiger partial charge in [-0.25, -0.2) is 0 Å². The molecule has 0 aromatic carbocycles. The number of likely N-dealkylation sites (N-methyl/N-ethyl adjacent to an activating group) is 1. The lowest BCUT2D eigenvalue weighted by Crippen LogP contribution is -2.55. The molecule has 0 aromatic rings. The van der Waals surface area contributed by atoms with Gasteiger partial charge in [-0.05, 0) is 68.7 Å². The Morgan fingerprint density at radius 1 is 0.731 bits per heavy atom. The summed E-state index contributed by atoms with van der Waals surface area (Å²) in [6, 6.07) is 2.52. The van der Waals surface area contributed by atoms with Crippen molar-refractivity contribution in [2.45, 2.75) is 123 Å². The van der Waals surface area contributed by atoms with Crippen molar-refractivity contribution in [3.8, 4) is 0 Å². The van der Waals surface area contributed by atoms with Crippen LogP contribution < -0.4 is 0 Å². The van der Waals surface area contributed by atoms with E-state index in [0.717, 1.165) is 42.0 Å². The molecule has 0 N–H and O–H groups in total. The minimum atomic E-state index is 0.557. The van der Waals surface area contributed by atoms with Crippen LogP contribution in [-0.4, -0.2) is 41.1 Å². The van der Waals surface area contributed by atoms with E-state index in [1.54, 1.807) is 0 Å². The number of fused-ring (bicyclic) bond motifs is 1. The summed E-state index contributed by atoms with van der Waals surface area (Å²) in [5, 5.41) is 0. The number of hydrogen-bond donors (Lipinski definition) is 0. The van der Waals surface area contributed by atoms with Crippen molar-refractivity contribution in [1.29, 1.82) is 0 Å². The van der Waals surface area contributed by atoms with E-state index in [4.69, 9.17) is 0 Å². The summed E-state index contributed by atoms with van der Waals surface area (Å²) in [6.07, 6.45) is 16.7. The fourth-order valence-electron chi connectivity index (χ4n) is 7.65. The molecule has 1 aliphatic heterocycles. The molecule has 3 aliphatic carbocycles. The van der Waals surface area contributed by atoms with Crippen LogP contribution in [0.25, 0.3) is 0 Å². The highest BCUT2D eigenvalue weighted by atomic mass is 15.5. The zero-order chi connectivity index (χ0) is 18.5.